The van der Waals surface area contributed by atoms with E-state index < -0.39 is 0 Å². The zero-order valence-corrected chi connectivity index (χ0v) is 14.3. The summed E-state index contributed by atoms with van der Waals surface area (Å²) in [6, 6.07) is 17.6. The lowest BCUT2D eigenvalue weighted by Gasteiger charge is -2.27. The van der Waals surface area contributed by atoms with E-state index in [9.17, 15) is 4.79 Å². The molecule has 3 aromatic rings. The molecule has 4 rings (SSSR count). The van der Waals surface area contributed by atoms with E-state index in [2.05, 4.69) is 55.1 Å². The molecule has 25 heavy (non-hydrogen) atoms. The standard InChI is InChI=1S/C23H22O2/c1-2-23(24)25-15-14-17-7-5-9-20-19(17)12-13-21-18-8-4-3-6-16(18)10-11-22(20)21/h2-4,6,8,10-13,17H,1,5,7,9,14-15H2. The number of esters is 1. The van der Waals surface area contributed by atoms with Gasteiger partial charge in [-0.3, -0.25) is 0 Å². The van der Waals surface area contributed by atoms with Crippen molar-refractivity contribution in [3.63, 3.8) is 0 Å². The van der Waals surface area contributed by atoms with Crippen LogP contribution in [0.2, 0.25) is 0 Å². The van der Waals surface area contributed by atoms with E-state index in [0.29, 0.717) is 12.5 Å². The third-order valence-electron chi connectivity index (χ3n) is 5.37. The number of carbonyl (C=O) groups is 1. The van der Waals surface area contributed by atoms with Crippen LogP contribution in [0.1, 0.15) is 36.3 Å². The van der Waals surface area contributed by atoms with Crippen LogP contribution in [0.25, 0.3) is 21.5 Å². The number of rotatable bonds is 4. The molecular formula is C23H22O2. The highest BCUT2D eigenvalue weighted by atomic mass is 16.5. The van der Waals surface area contributed by atoms with Gasteiger partial charge in [0.1, 0.15) is 0 Å². The van der Waals surface area contributed by atoms with Gasteiger partial charge in [0.15, 0.2) is 0 Å². The number of hydrogen-bond acceptors (Lipinski definition) is 2. The van der Waals surface area contributed by atoms with Crippen LogP contribution in [-0.2, 0) is 16.0 Å². The van der Waals surface area contributed by atoms with E-state index in [0.717, 1.165) is 19.3 Å². The average molecular weight is 330 g/mol. The molecule has 1 atom stereocenters. The van der Waals surface area contributed by atoms with Crippen molar-refractivity contribution in [2.24, 2.45) is 0 Å². The molecule has 0 spiro atoms. The van der Waals surface area contributed by atoms with Gasteiger partial charge in [-0.2, -0.15) is 0 Å². The Kier molecular flexibility index (Phi) is 4.27. The summed E-state index contributed by atoms with van der Waals surface area (Å²) in [5.41, 5.74) is 2.92. The maximum Gasteiger partial charge on any atom is 0.330 e. The zero-order valence-electron chi connectivity index (χ0n) is 14.3. The van der Waals surface area contributed by atoms with Gasteiger partial charge in [-0.25, -0.2) is 4.79 Å². The molecule has 1 aliphatic rings. The van der Waals surface area contributed by atoms with E-state index in [-0.39, 0.29) is 5.97 Å². The summed E-state index contributed by atoms with van der Waals surface area (Å²) in [6.07, 6.45) is 5.60. The zero-order chi connectivity index (χ0) is 17.2. The lowest BCUT2D eigenvalue weighted by molar-refractivity contribution is -0.137. The number of ether oxygens (including phenoxy) is 1. The molecular weight excluding hydrogens is 308 g/mol. The Balaban J connectivity index is 1.71. The molecule has 0 amide bonds. The highest BCUT2D eigenvalue weighted by molar-refractivity contribution is 6.08. The SMILES string of the molecule is C=CC(=O)OCCC1CCCc2c1ccc1c2ccc2ccccc21. The number of aryl methyl sites for hydroxylation is 1. The Morgan fingerprint density at radius 3 is 2.80 bits per heavy atom. The molecule has 0 saturated heterocycles. The quantitative estimate of drug-likeness (QED) is 0.357. The van der Waals surface area contributed by atoms with Crippen molar-refractivity contribution in [3.8, 4) is 0 Å². The first-order valence-electron chi connectivity index (χ1n) is 9.00. The molecule has 0 aliphatic heterocycles. The second kappa shape index (κ2) is 6.72. The van der Waals surface area contributed by atoms with Crippen molar-refractivity contribution in [1.29, 1.82) is 0 Å². The van der Waals surface area contributed by atoms with Gasteiger partial charge in [-0.1, -0.05) is 55.1 Å². The predicted molar refractivity (Wildman–Crippen MR) is 103 cm³/mol. The molecule has 3 aromatic carbocycles. The highest BCUT2D eigenvalue weighted by Crippen LogP contribution is 2.39. The lowest BCUT2D eigenvalue weighted by atomic mass is 9.79. The first kappa shape index (κ1) is 15.9. The van der Waals surface area contributed by atoms with Gasteiger partial charge < -0.3 is 4.74 Å². The van der Waals surface area contributed by atoms with E-state index >= 15 is 0 Å². The minimum absolute atomic E-state index is 0.332. The van der Waals surface area contributed by atoms with Crippen LogP contribution in [0.4, 0.5) is 0 Å². The maximum atomic E-state index is 11.3. The predicted octanol–water partition coefficient (Wildman–Crippen LogP) is 5.53. The van der Waals surface area contributed by atoms with Gasteiger partial charge in [-0.05, 0) is 64.3 Å². The van der Waals surface area contributed by atoms with Crippen LogP contribution in [0.3, 0.4) is 0 Å². The first-order valence-corrected chi connectivity index (χ1v) is 9.00. The van der Waals surface area contributed by atoms with Gasteiger partial charge in [0.25, 0.3) is 0 Å². The van der Waals surface area contributed by atoms with Gasteiger partial charge in [-0.15, -0.1) is 0 Å². The smallest absolute Gasteiger partial charge is 0.330 e. The second-order valence-corrected chi connectivity index (χ2v) is 6.76. The van der Waals surface area contributed by atoms with E-state index in [1.54, 1.807) is 0 Å². The lowest BCUT2D eigenvalue weighted by Crippen LogP contribution is -2.13. The fourth-order valence-corrected chi connectivity index (χ4v) is 4.17. The first-order chi connectivity index (χ1) is 12.3. The fraction of sp³-hybridized carbons (Fsp3) is 0.261. The summed E-state index contributed by atoms with van der Waals surface area (Å²) in [6.45, 7) is 3.91. The summed E-state index contributed by atoms with van der Waals surface area (Å²) < 4.78 is 5.20. The topological polar surface area (TPSA) is 26.3 Å². The van der Waals surface area contributed by atoms with E-state index in [4.69, 9.17) is 4.74 Å². The Morgan fingerprint density at radius 2 is 1.92 bits per heavy atom. The van der Waals surface area contributed by atoms with Crippen LogP contribution >= 0.6 is 0 Å². The van der Waals surface area contributed by atoms with Crippen molar-refractivity contribution >= 4 is 27.5 Å². The Labute approximate surface area is 148 Å². The molecule has 2 nitrogen and oxygen atoms in total. The molecule has 2 heteroatoms. The molecule has 1 aliphatic carbocycles. The molecule has 1 unspecified atom stereocenters. The summed E-state index contributed by atoms with van der Waals surface area (Å²) in [4.78, 5) is 11.3. The maximum absolute atomic E-state index is 11.3. The number of fused-ring (bicyclic) bond motifs is 5. The van der Waals surface area contributed by atoms with Gasteiger partial charge in [0.2, 0.25) is 0 Å². The molecule has 0 saturated carbocycles. The Bertz CT molecular complexity index is 955. The van der Waals surface area contributed by atoms with Crippen LogP contribution < -0.4 is 0 Å². The second-order valence-electron chi connectivity index (χ2n) is 6.76. The minimum atomic E-state index is -0.332. The minimum Gasteiger partial charge on any atom is -0.463 e. The number of benzene rings is 3. The number of carbonyl (C=O) groups excluding carboxylic acids is 1. The Morgan fingerprint density at radius 1 is 1.08 bits per heavy atom. The van der Waals surface area contributed by atoms with Crippen LogP contribution in [0.5, 0.6) is 0 Å². The summed E-state index contributed by atoms with van der Waals surface area (Å²) in [5.74, 6) is 0.137. The van der Waals surface area contributed by atoms with Crippen molar-refractivity contribution in [2.75, 3.05) is 6.61 Å². The van der Waals surface area contributed by atoms with E-state index in [1.165, 1.54) is 45.2 Å². The number of hydrogen-bond donors (Lipinski definition) is 0. The van der Waals surface area contributed by atoms with E-state index in [1.807, 2.05) is 0 Å². The molecule has 0 radical (unpaired) electrons. The molecule has 126 valence electrons. The highest BCUT2D eigenvalue weighted by Gasteiger charge is 2.22. The van der Waals surface area contributed by atoms with Crippen molar-refractivity contribution in [3.05, 3.63) is 72.3 Å². The third-order valence-corrected chi connectivity index (χ3v) is 5.37. The molecule has 0 aromatic heterocycles. The van der Waals surface area contributed by atoms with Crippen molar-refractivity contribution in [1.82, 2.24) is 0 Å². The summed E-state index contributed by atoms with van der Waals surface area (Å²) in [5, 5.41) is 5.34. The normalized spacial score (nSPS) is 16.6. The van der Waals surface area contributed by atoms with Gasteiger partial charge in [0.05, 0.1) is 6.61 Å². The monoisotopic (exact) mass is 330 g/mol. The average Bonchev–Trinajstić information content (AvgIpc) is 2.67. The largest absolute Gasteiger partial charge is 0.463 e. The molecule has 0 N–H and O–H groups in total. The Hall–Kier alpha value is -2.61. The van der Waals surface area contributed by atoms with Crippen molar-refractivity contribution < 1.29 is 9.53 Å². The molecule has 0 fully saturated rings. The van der Waals surface area contributed by atoms with Gasteiger partial charge >= 0.3 is 5.97 Å². The summed E-state index contributed by atoms with van der Waals surface area (Å²) >= 11 is 0. The molecule has 0 bridgehead atoms. The molecule has 0 heterocycles. The van der Waals surface area contributed by atoms with Gasteiger partial charge in [0, 0.05) is 6.08 Å². The fourth-order valence-electron chi connectivity index (χ4n) is 4.17. The van der Waals surface area contributed by atoms with Crippen LogP contribution in [0.15, 0.2) is 61.2 Å². The van der Waals surface area contributed by atoms with Crippen LogP contribution in [-0.4, -0.2) is 12.6 Å². The van der Waals surface area contributed by atoms with Crippen molar-refractivity contribution in [2.45, 2.75) is 31.6 Å². The third kappa shape index (κ3) is 2.93. The van der Waals surface area contributed by atoms with Crippen LogP contribution in [0, 0.1) is 0 Å². The summed E-state index contributed by atoms with van der Waals surface area (Å²) in [7, 11) is 0.